The fourth-order valence-corrected chi connectivity index (χ4v) is 2.67. The van der Waals surface area contributed by atoms with Crippen LogP contribution in [0.3, 0.4) is 0 Å². The zero-order chi connectivity index (χ0) is 21.3. The molecule has 156 valence electrons. The van der Waals surface area contributed by atoms with Crippen LogP contribution in [-0.4, -0.2) is 47.4 Å². The molecule has 0 N–H and O–H groups in total. The van der Waals surface area contributed by atoms with E-state index in [1.807, 2.05) is 0 Å². The first kappa shape index (κ1) is 20.8. The van der Waals surface area contributed by atoms with Gasteiger partial charge >= 0.3 is 11.9 Å². The number of hydrogen-bond acceptors (Lipinski definition) is 7. The van der Waals surface area contributed by atoms with Crippen LogP contribution in [0, 0.1) is 0 Å². The van der Waals surface area contributed by atoms with Crippen molar-refractivity contribution in [3.05, 3.63) is 72.4 Å². The minimum Gasteiger partial charge on any atom is -0.465 e. The Balaban J connectivity index is 1.61. The highest BCUT2D eigenvalue weighted by molar-refractivity contribution is 5.99. The van der Waals surface area contributed by atoms with Gasteiger partial charge in [0.2, 0.25) is 5.76 Å². The maximum absolute atomic E-state index is 12.6. The van der Waals surface area contributed by atoms with Crippen LogP contribution in [0.5, 0.6) is 0 Å². The van der Waals surface area contributed by atoms with Crippen LogP contribution in [-0.2, 0) is 25.6 Å². The number of amides is 1. The number of furan rings is 1. The molecule has 2 heterocycles. The van der Waals surface area contributed by atoms with Gasteiger partial charge in [0.1, 0.15) is 12.3 Å². The molecule has 0 aliphatic heterocycles. The standard InChI is InChI=1S/C21H21N3O6/c1-2-28-20(26)14-24(16-7-4-3-5-8-16)19(25)15-29-21(27)18-10-9-17(30-18)13-23-12-6-11-22-23/h3-12H,2,13-15H2,1H3. The largest absolute Gasteiger partial charge is 0.465 e. The Hall–Kier alpha value is -3.88. The highest BCUT2D eigenvalue weighted by Crippen LogP contribution is 2.15. The van der Waals surface area contributed by atoms with Gasteiger partial charge in [-0.05, 0) is 37.3 Å². The molecule has 30 heavy (non-hydrogen) atoms. The lowest BCUT2D eigenvalue weighted by molar-refractivity contribution is -0.142. The number of ether oxygens (including phenoxy) is 2. The highest BCUT2D eigenvalue weighted by atomic mass is 16.6. The van der Waals surface area contributed by atoms with Crippen LogP contribution in [0.1, 0.15) is 23.2 Å². The fraction of sp³-hybridized carbons (Fsp3) is 0.238. The third-order valence-corrected chi connectivity index (χ3v) is 4.03. The molecule has 0 fully saturated rings. The number of rotatable bonds is 9. The molecule has 0 aliphatic rings. The van der Waals surface area contributed by atoms with Crippen molar-refractivity contribution in [3.8, 4) is 0 Å². The van der Waals surface area contributed by atoms with Crippen LogP contribution in [0.2, 0.25) is 0 Å². The number of aromatic nitrogens is 2. The van der Waals surface area contributed by atoms with E-state index in [4.69, 9.17) is 13.9 Å². The number of benzene rings is 1. The third-order valence-electron chi connectivity index (χ3n) is 4.03. The van der Waals surface area contributed by atoms with Gasteiger partial charge in [0.05, 0.1) is 13.2 Å². The van der Waals surface area contributed by atoms with E-state index in [9.17, 15) is 14.4 Å². The van der Waals surface area contributed by atoms with Gasteiger partial charge < -0.3 is 13.9 Å². The van der Waals surface area contributed by atoms with E-state index in [0.717, 1.165) is 0 Å². The summed E-state index contributed by atoms with van der Waals surface area (Å²) in [6, 6.07) is 13.5. The number of nitrogens with zero attached hydrogens (tertiary/aromatic N) is 3. The minimum atomic E-state index is -0.779. The summed E-state index contributed by atoms with van der Waals surface area (Å²) in [5.74, 6) is -1.41. The van der Waals surface area contributed by atoms with Crippen molar-refractivity contribution in [2.24, 2.45) is 0 Å². The SMILES string of the molecule is CCOC(=O)CN(C(=O)COC(=O)c1ccc(Cn2cccn2)o1)c1ccccc1. The lowest BCUT2D eigenvalue weighted by atomic mass is 10.3. The summed E-state index contributed by atoms with van der Waals surface area (Å²) in [7, 11) is 0. The van der Waals surface area contributed by atoms with Gasteiger partial charge in [-0.15, -0.1) is 0 Å². The Labute approximate surface area is 172 Å². The maximum Gasteiger partial charge on any atom is 0.374 e. The molecule has 0 unspecified atom stereocenters. The Morgan fingerprint density at radius 2 is 1.87 bits per heavy atom. The van der Waals surface area contributed by atoms with Crippen LogP contribution in [0.4, 0.5) is 5.69 Å². The molecule has 0 saturated heterocycles. The van der Waals surface area contributed by atoms with E-state index in [2.05, 4.69) is 5.10 Å². The fourth-order valence-electron chi connectivity index (χ4n) is 2.67. The number of para-hydroxylation sites is 1. The van der Waals surface area contributed by atoms with E-state index in [1.54, 1.807) is 66.5 Å². The number of hydrogen-bond donors (Lipinski definition) is 0. The van der Waals surface area contributed by atoms with Crippen molar-refractivity contribution in [1.29, 1.82) is 0 Å². The molecule has 9 heteroatoms. The zero-order valence-electron chi connectivity index (χ0n) is 16.4. The first-order valence-electron chi connectivity index (χ1n) is 9.31. The normalized spacial score (nSPS) is 10.4. The Kier molecular flexibility index (Phi) is 6.99. The summed E-state index contributed by atoms with van der Waals surface area (Å²) in [6.45, 7) is 1.40. The molecule has 3 aromatic rings. The molecule has 0 saturated carbocycles. The molecule has 0 bridgehead atoms. The predicted molar refractivity (Wildman–Crippen MR) is 106 cm³/mol. The van der Waals surface area contributed by atoms with Crippen LogP contribution in [0.15, 0.2) is 65.3 Å². The molecule has 0 spiro atoms. The molecule has 3 rings (SSSR count). The van der Waals surface area contributed by atoms with E-state index in [1.165, 1.54) is 11.0 Å². The van der Waals surface area contributed by atoms with Crippen molar-refractivity contribution in [2.45, 2.75) is 13.5 Å². The second kappa shape index (κ2) is 10.1. The summed E-state index contributed by atoms with van der Waals surface area (Å²) in [4.78, 5) is 38.0. The van der Waals surface area contributed by atoms with Gasteiger partial charge in [-0.25, -0.2) is 4.79 Å². The minimum absolute atomic E-state index is 0.0263. The van der Waals surface area contributed by atoms with Gasteiger partial charge in [-0.2, -0.15) is 5.10 Å². The number of carbonyl (C=O) groups excluding carboxylic acids is 3. The van der Waals surface area contributed by atoms with Crippen molar-refractivity contribution >= 4 is 23.5 Å². The average Bonchev–Trinajstić information content (AvgIpc) is 3.43. The monoisotopic (exact) mass is 411 g/mol. The summed E-state index contributed by atoms with van der Waals surface area (Å²) in [6.07, 6.45) is 3.40. The van der Waals surface area contributed by atoms with Gasteiger partial charge in [0.15, 0.2) is 6.61 Å². The van der Waals surface area contributed by atoms with Gasteiger partial charge in [-0.1, -0.05) is 18.2 Å². The van der Waals surface area contributed by atoms with Gasteiger partial charge in [0.25, 0.3) is 5.91 Å². The zero-order valence-corrected chi connectivity index (χ0v) is 16.4. The van der Waals surface area contributed by atoms with Gasteiger partial charge in [-0.3, -0.25) is 19.2 Å². The number of anilines is 1. The second-order valence-corrected chi connectivity index (χ2v) is 6.17. The van der Waals surface area contributed by atoms with Crippen LogP contribution >= 0.6 is 0 Å². The van der Waals surface area contributed by atoms with E-state index in [-0.39, 0.29) is 18.9 Å². The molecular weight excluding hydrogens is 390 g/mol. The van der Waals surface area contributed by atoms with E-state index < -0.39 is 24.5 Å². The molecule has 1 amide bonds. The topological polar surface area (TPSA) is 104 Å². The predicted octanol–water partition coefficient (Wildman–Crippen LogP) is 2.28. The van der Waals surface area contributed by atoms with Crippen LogP contribution in [0.25, 0.3) is 0 Å². The molecule has 9 nitrogen and oxygen atoms in total. The highest BCUT2D eigenvalue weighted by Gasteiger charge is 2.22. The number of carbonyl (C=O) groups is 3. The summed E-state index contributed by atoms with van der Waals surface area (Å²) < 4.78 is 17.1. The maximum atomic E-state index is 12.6. The lowest BCUT2D eigenvalue weighted by Crippen LogP contribution is -2.39. The van der Waals surface area contributed by atoms with E-state index in [0.29, 0.717) is 18.0 Å². The summed E-state index contributed by atoms with van der Waals surface area (Å²) in [5.41, 5.74) is 0.492. The third kappa shape index (κ3) is 5.57. The molecular formula is C21H21N3O6. The Morgan fingerprint density at radius 1 is 1.07 bits per heavy atom. The van der Waals surface area contributed by atoms with E-state index >= 15 is 0 Å². The first-order valence-corrected chi connectivity index (χ1v) is 9.31. The molecule has 0 atom stereocenters. The van der Waals surface area contributed by atoms with Crippen molar-refractivity contribution in [2.75, 3.05) is 24.7 Å². The number of esters is 2. The second-order valence-electron chi connectivity index (χ2n) is 6.17. The first-order chi connectivity index (χ1) is 14.6. The summed E-state index contributed by atoms with van der Waals surface area (Å²) >= 11 is 0. The molecule has 1 aromatic carbocycles. The van der Waals surface area contributed by atoms with Crippen molar-refractivity contribution < 1.29 is 28.3 Å². The molecule has 0 aliphatic carbocycles. The Morgan fingerprint density at radius 3 is 2.57 bits per heavy atom. The lowest BCUT2D eigenvalue weighted by Gasteiger charge is -2.21. The Bertz CT molecular complexity index is 981. The van der Waals surface area contributed by atoms with Crippen molar-refractivity contribution in [3.63, 3.8) is 0 Å². The molecule has 0 radical (unpaired) electrons. The smallest absolute Gasteiger partial charge is 0.374 e. The molecule has 2 aromatic heterocycles. The van der Waals surface area contributed by atoms with Crippen molar-refractivity contribution in [1.82, 2.24) is 9.78 Å². The summed E-state index contributed by atoms with van der Waals surface area (Å²) in [5, 5.41) is 4.06. The van der Waals surface area contributed by atoms with Gasteiger partial charge in [0, 0.05) is 18.1 Å². The quantitative estimate of drug-likeness (QED) is 0.498. The average molecular weight is 411 g/mol. The van der Waals surface area contributed by atoms with Crippen LogP contribution < -0.4 is 4.90 Å².